The number of anilines is 2. The summed E-state index contributed by atoms with van der Waals surface area (Å²) in [5, 5.41) is 11.8. The number of aryl methyl sites for hydroxylation is 2. The monoisotopic (exact) mass is 756 g/mol. The van der Waals surface area contributed by atoms with Crippen molar-refractivity contribution in [2.75, 3.05) is 18.0 Å². The van der Waals surface area contributed by atoms with Crippen LogP contribution in [0.2, 0.25) is 0 Å². The normalized spacial score (nSPS) is 28.1. The SMILES string of the molecule is Cc1cc(=O)c2c(O)c3c(cc2o1)OC(C)(C)C1OC(=O)C2(OC2CCc2cc(N)nc(-c4cc(N)nc(CN5C=C6N=CC=C6C5)c4)c2)C2CCC(CC2)C31. The number of carbonyl (C=O) groups is 1. The number of carbonyl (C=O) groups excluding carboxylic acids is 1. The minimum absolute atomic E-state index is 0.00896. The lowest BCUT2D eigenvalue weighted by molar-refractivity contribution is -0.172. The van der Waals surface area contributed by atoms with Crippen LogP contribution in [0.1, 0.15) is 74.5 Å². The molecule has 6 aliphatic heterocycles. The van der Waals surface area contributed by atoms with E-state index < -0.39 is 23.3 Å². The van der Waals surface area contributed by atoms with Crippen LogP contribution in [0.3, 0.4) is 0 Å². The molecule has 2 bridgehead atoms. The van der Waals surface area contributed by atoms with Crippen LogP contribution in [0.4, 0.5) is 11.6 Å². The number of phenols is 1. The van der Waals surface area contributed by atoms with Gasteiger partial charge in [-0.2, -0.15) is 0 Å². The maximum atomic E-state index is 14.5. The van der Waals surface area contributed by atoms with Crippen LogP contribution in [0.25, 0.3) is 22.2 Å². The van der Waals surface area contributed by atoms with Crippen molar-refractivity contribution in [1.82, 2.24) is 14.9 Å². The number of allylic oxidation sites excluding steroid dienone is 1. The lowest BCUT2D eigenvalue weighted by Crippen LogP contribution is -2.53. The molecule has 1 aromatic carbocycles. The molecule has 3 aromatic heterocycles. The summed E-state index contributed by atoms with van der Waals surface area (Å²) in [5.74, 6) is 0.829. The van der Waals surface area contributed by atoms with Gasteiger partial charge in [-0.3, -0.25) is 9.79 Å². The molecule has 7 aliphatic rings. The molecule has 288 valence electrons. The van der Waals surface area contributed by atoms with E-state index >= 15 is 0 Å². The van der Waals surface area contributed by atoms with Gasteiger partial charge in [0.25, 0.3) is 0 Å². The first-order chi connectivity index (χ1) is 26.9. The standard InChI is InChI=1S/C43H44N6O7/c1-21-12-30(50)37-31(53-21)17-32-38(39(37)51)36-23-5-7-26(8-6-23)43(41(52)54-40(36)42(2,3)55-32)33(56-43)9-4-22-13-28(48-34(44)14-22)25-15-27(47-35(45)16-25)19-49-18-24-10-11-46-29(24)20-49/h10-17,20,23,26,33,36,40,51H,4-9,18-19H2,1-3H3,(H2,44,48)(H2,45,47). The number of pyridine rings is 2. The number of nitrogens with zero attached hydrogens (tertiary/aromatic N) is 4. The van der Waals surface area contributed by atoms with Gasteiger partial charge in [0.1, 0.15) is 51.6 Å². The number of epoxide rings is 1. The minimum atomic E-state index is -1.07. The summed E-state index contributed by atoms with van der Waals surface area (Å²) in [7, 11) is 0. The third-order valence-electron chi connectivity index (χ3n) is 12.7. The Morgan fingerprint density at radius 3 is 2.61 bits per heavy atom. The number of aromatic hydroxyl groups is 1. The maximum absolute atomic E-state index is 14.5. The molecule has 1 spiro atoms. The number of hydrogen-bond acceptors (Lipinski definition) is 13. The zero-order valence-electron chi connectivity index (χ0n) is 31.6. The number of rotatable bonds is 6. The van der Waals surface area contributed by atoms with E-state index in [9.17, 15) is 14.7 Å². The largest absolute Gasteiger partial charge is 0.507 e. The van der Waals surface area contributed by atoms with E-state index in [1.165, 1.54) is 11.6 Å². The first-order valence-corrected chi connectivity index (χ1v) is 19.5. The molecule has 0 amide bonds. The highest BCUT2D eigenvalue weighted by Gasteiger charge is 2.69. The van der Waals surface area contributed by atoms with Crippen molar-refractivity contribution < 1.29 is 28.5 Å². The van der Waals surface area contributed by atoms with E-state index in [2.05, 4.69) is 19.9 Å². The second-order valence-corrected chi connectivity index (χ2v) is 16.8. The van der Waals surface area contributed by atoms with Crippen molar-refractivity contribution in [3.05, 3.63) is 92.7 Å². The molecule has 1 aliphatic carbocycles. The van der Waals surface area contributed by atoms with Crippen LogP contribution in [-0.4, -0.2) is 62.1 Å². The molecular weight excluding hydrogens is 713 g/mol. The van der Waals surface area contributed by atoms with Crippen molar-refractivity contribution in [2.45, 2.75) is 95.2 Å². The first kappa shape index (κ1) is 34.8. The highest BCUT2D eigenvalue weighted by atomic mass is 16.7. The Hall–Kier alpha value is -5.69. The number of aromatic nitrogens is 2. The summed E-state index contributed by atoms with van der Waals surface area (Å²) in [6.07, 6.45) is 9.22. The summed E-state index contributed by atoms with van der Waals surface area (Å²) in [4.78, 5) is 43.4. The molecule has 13 heteroatoms. The number of fused-ring (bicyclic) bond motifs is 6. The number of nitrogens with two attached hydrogens (primary N) is 2. The fraction of sp³-hybridized carbons (Fsp3) is 0.419. The number of hydrogen-bond donors (Lipinski definition) is 3. The Balaban J connectivity index is 0.899. The predicted octanol–water partition coefficient (Wildman–Crippen LogP) is 5.85. The van der Waals surface area contributed by atoms with Gasteiger partial charge in [0.15, 0.2) is 11.0 Å². The minimum Gasteiger partial charge on any atom is -0.507 e. The van der Waals surface area contributed by atoms with Gasteiger partial charge in [-0.15, -0.1) is 0 Å². The second-order valence-electron chi connectivity index (χ2n) is 16.8. The molecule has 11 rings (SSSR count). The number of aliphatic imine (C=N–C) groups is 1. The molecule has 13 nitrogen and oxygen atoms in total. The molecule has 9 heterocycles. The Morgan fingerprint density at radius 1 is 1.00 bits per heavy atom. The fourth-order valence-corrected chi connectivity index (χ4v) is 10.2. The van der Waals surface area contributed by atoms with Crippen molar-refractivity contribution in [3.63, 3.8) is 0 Å². The van der Waals surface area contributed by atoms with Gasteiger partial charge in [-0.25, -0.2) is 14.8 Å². The first-order valence-electron chi connectivity index (χ1n) is 19.5. The maximum Gasteiger partial charge on any atom is 0.341 e. The quantitative estimate of drug-likeness (QED) is 0.157. The molecule has 4 fully saturated rings. The van der Waals surface area contributed by atoms with Crippen LogP contribution in [-0.2, 0) is 27.2 Å². The zero-order chi connectivity index (χ0) is 38.7. The molecular formula is C43H44N6O7. The zero-order valence-corrected chi connectivity index (χ0v) is 31.6. The number of benzene rings is 1. The Morgan fingerprint density at radius 2 is 1.80 bits per heavy atom. The molecule has 4 atom stereocenters. The van der Waals surface area contributed by atoms with Gasteiger partial charge in [-0.05, 0) is 101 Å². The van der Waals surface area contributed by atoms with Crippen LogP contribution < -0.4 is 21.6 Å². The van der Waals surface area contributed by atoms with Crippen molar-refractivity contribution in [2.24, 2.45) is 16.8 Å². The molecule has 1 saturated carbocycles. The van der Waals surface area contributed by atoms with Gasteiger partial charge in [0, 0.05) is 59.6 Å². The lowest BCUT2D eigenvalue weighted by atomic mass is 9.66. The van der Waals surface area contributed by atoms with Gasteiger partial charge in [-0.1, -0.05) is 0 Å². The molecule has 0 radical (unpaired) electrons. The molecule has 56 heavy (non-hydrogen) atoms. The third kappa shape index (κ3) is 5.57. The van der Waals surface area contributed by atoms with E-state index in [-0.39, 0.29) is 46.0 Å². The lowest BCUT2D eigenvalue weighted by Gasteiger charge is -2.47. The Labute approximate surface area is 323 Å². The van der Waals surface area contributed by atoms with Gasteiger partial charge in [0.2, 0.25) is 0 Å². The van der Waals surface area contributed by atoms with Crippen molar-refractivity contribution in [3.8, 4) is 22.8 Å². The molecule has 4 unspecified atom stereocenters. The highest BCUT2D eigenvalue weighted by molar-refractivity contribution is 5.88. The van der Waals surface area contributed by atoms with Gasteiger partial charge >= 0.3 is 5.97 Å². The average molecular weight is 757 g/mol. The van der Waals surface area contributed by atoms with Crippen molar-refractivity contribution >= 4 is 34.8 Å². The van der Waals surface area contributed by atoms with Gasteiger partial charge in [0.05, 0.1) is 29.7 Å². The second kappa shape index (κ2) is 12.4. The summed E-state index contributed by atoms with van der Waals surface area (Å²) in [6.45, 7) is 6.85. The smallest absolute Gasteiger partial charge is 0.341 e. The van der Waals surface area contributed by atoms with E-state index in [0.717, 1.165) is 54.7 Å². The number of ether oxygens (including phenoxy) is 3. The Kier molecular flexibility index (Phi) is 7.70. The van der Waals surface area contributed by atoms with E-state index in [0.29, 0.717) is 53.8 Å². The number of esters is 1. The van der Waals surface area contributed by atoms with Crippen LogP contribution in [0.15, 0.2) is 74.1 Å². The van der Waals surface area contributed by atoms with Crippen LogP contribution >= 0.6 is 0 Å². The van der Waals surface area contributed by atoms with Gasteiger partial charge < -0.3 is 40.1 Å². The highest BCUT2D eigenvalue weighted by Crippen LogP contribution is 2.60. The van der Waals surface area contributed by atoms with E-state index in [1.54, 1.807) is 13.0 Å². The van der Waals surface area contributed by atoms with E-state index in [4.69, 9.17) is 30.1 Å². The third-order valence-corrected chi connectivity index (χ3v) is 12.7. The predicted molar refractivity (Wildman–Crippen MR) is 209 cm³/mol. The number of phenolic OH excluding ortho intramolecular Hbond substituents is 1. The summed E-state index contributed by atoms with van der Waals surface area (Å²) < 4.78 is 25.4. The van der Waals surface area contributed by atoms with Crippen molar-refractivity contribution in [1.29, 1.82) is 0 Å². The molecule has 3 saturated heterocycles. The molecule has 4 aromatic rings. The van der Waals surface area contributed by atoms with Crippen LogP contribution in [0, 0.1) is 18.8 Å². The fourth-order valence-electron chi connectivity index (χ4n) is 10.2. The average Bonchev–Trinajstić information content (AvgIpc) is 3.48. The van der Waals surface area contributed by atoms with E-state index in [1.807, 2.05) is 56.6 Å². The summed E-state index contributed by atoms with van der Waals surface area (Å²) >= 11 is 0. The number of nitrogen functional groups attached to an aromatic ring is 2. The Bertz CT molecular complexity index is 2500. The summed E-state index contributed by atoms with van der Waals surface area (Å²) in [6, 6.07) is 10.8. The van der Waals surface area contributed by atoms with Crippen LogP contribution in [0.5, 0.6) is 11.5 Å². The summed E-state index contributed by atoms with van der Waals surface area (Å²) in [5.41, 5.74) is 16.6. The molecule has 5 N–H and O–H groups in total. The topological polar surface area (TPSA) is 192 Å².